The van der Waals surface area contributed by atoms with Crippen molar-refractivity contribution < 1.29 is 0 Å². The molecule has 1 aromatic heterocycles. The molecule has 1 saturated carbocycles. The highest BCUT2D eigenvalue weighted by molar-refractivity contribution is 9.10. The van der Waals surface area contributed by atoms with Crippen LogP contribution in [0.15, 0.2) is 53.3 Å². The van der Waals surface area contributed by atoms with Gasteiger partial charge in [0, 0.05) is 17.1 Å². The fraction of sp³-hybridized carbons (Fsp3) is 0.235. The molecule has 1 N–H and O–H groups in total. The van der Waals surface area contributed by atoms with Crippen LogP contribution < -0.4 is 5.32 Å². The Morgan fingerprint density at radius 3 is 2.86 bits per heavy atom. The number of fused-ring (bicyclic) bond motifs is 1. The van der Waals surface area contributed by atoms with E-state index in [0.29, 0.717) is 0 Å². The minimum absolute atomic E-state index is 0.737. The van der Waals surface area contributed by atoms with Crippen LogP contribution in [0.5, 0.6) is 0 Å². The van der Waals surface area contributed by atoms with E-state index in [9.17, 15) is 0 Å². The van der Waals surface area contributed by atoms with E-state index in [1.165, 1.54) is 18.4 Å². The first-order valence-electron chi connectivity index (χ1n) is 7.25. The molecule has 1 aliphatic carbocycles. The molecule has 0 amide bonds. The summed E-state index contributed by atoms with van der Waals surface area (Å²) in [4.78, 5) is 4.46. The van der Waals surface area contributed by atoms with E-state index in [0.717, 1.165) is 33.8 Å². The van der Waals surface area contributed by atoms with E-state index < -0.39 is 0 Å². The molecule has 3 nitrogen and oxygen atoms in total. The molecule has 0 bridgehead atoms. The van der Waals surface area contributed by atoms with Gasteiger partial charge in [-0.3, -0.25) is 4.57 Å². The van der Waals surface area contributed by atoms with Gasteiger partial charge in [-0.2, -0.15) is 0 Å². The van der Waals surface area contributed by atoms with Gasteiger partial charge in [-0.25, -0.2) is 4.98 Å². The third-order valence-electron chi connectivity index (χ3n) is 3.90. The number of para-hydroxylation sites is 2. The van der Waals surface area contributed by atoms with Crippen molar-refractivity contribution in [1.29, 1.82) is 0 Å². The standard InChI is InChI=1S/C17H16BrN3/c18-14-9-12(10-19-13-6-7-13)5-8-16(14)21-11-20-15-3-1-2-4-17(15)21/h1-5,8-9,11,13,19H,6-7,10H2. The van der Waals surface area contributed by atoms with E-state index in [-0.39, 0.29) is 0 Å². The Bertz CT molecular complexity index is 790. The van der Waals surface area contributed by atoms with Crippen LogP contribution in [-0.2, 0) is 6.54 Å². The molecular weight excluding hydrogens is 326 g/mol. The number of benzene rings is 2. The summed E-state index contributed by atoms with van der Waals surface area (Å²) in [7, 11) is 0. The van der Waals surface area contributed by atoms with Crippen molar-refractivity contribution in [3.05, 3.63) is 58.8 Å². The third kappa shape index (κ3) is 2.61. The van der Waals surface area contributed by atoms with Crippen LogP contribution in [0.3, 0.4) is 0 Å². The normalized spacial score (nSPS) is 14.7. The summed E-state index contributed by atoms with van der Waals surface area (Å²) in [5.74, 6) is 0. The Labute approximate surface area is 132 Å². The summed E-state index contributed by atoms with van der Waals surface area (Å²) < 4.78 is 3.22. The van der Waals surface area contributed by atoms with E-state index in [2.05, 4.69) is 55.1 Å². The molecule has 3 aromatic rings. The predicted octanol–water partition coefficient (Wildman–Crippen LogP) is 4.04. The summed E-state index contributed by atoms with van der Waals surface area (Å²) in [6.07, 6.45) is 4.52. The fourth-order valence-electron chi connectivity index (χ4n) is 2.56. The maximum atomic E-state index is 4.46. The van der Waals surface area contributed by atoms with Crippen molar-refractivity contribution in [3.8, 4) is 5.69 Å². The predicted molar refractivity (Wildman–Crippen MR) is 88.6 cm³/mol. The minimum Gasteiger partial charge on any atom is -0.310 e. The molecule has 4 rings (SSSR count). The molecule has 21 heavy (non-hydrogen) atoms. The smallest absolute Gasteiger partial charge is 0.100 e. The highest BCUT2D eigenvalue weighted by Gasteiger charge is 2.20. The molecule has 0 atom stereocenters. The molecular formula is C17H16BrN3. The molecule has 2 aromatic carbocycles. The van der Waals surface area contributed by atoms with E-state index in [4.69, 9.17) is 0 Å². The molecule has 0 radical (unpaired) electrons. The molecule has 4 heteroatoms. The van der Waals surface area contributed by atoms with E-state index >= 15 is 0 Å². The average molecular weight is 342 g/mol. The van der Waals surface area contributed by atoms with Crippen molar-refractivity contribution in [2.75, 3.05) is 0 Å². The monoisotopic (exact) mass is 341 g/mol. The van der Waals surface area contributed by atoms with Crippen molar-refractivity contribution in [2.45, 2.75) is 25.4 Å². The van der Waals surface area contributed by atoms with Gasteiger partial charge < -0.3 is 5.32 Å². The van der Waals surface area contributed by atoms with Crippen LogP contribution in [0.25, 0.3) is 16.7 Å². The third-order valence-corrected chi connectivity index (χ3v) is 4.53. The maximum absolute atomic E-state index is 4.46. The van der Waals surface area contributed by atoms with Gasteiger partial charge >= 0.3 is 0 Å². The molecule has 1 fully saturated rings. The van der Waals surface area contributed by atoms with Crippen molar-refractivity contribution >= 4 is 27.0 Å². The zero-order valence-electron chi connectivity index (χ0n) is 11.6. The number of imidazole rings is 1. The second kappa shape index (κ2) is 5.28. The molecule has 0 spiro atoms. The Hall–Kier alpha value is -1.65. The van der Waals surface area contributed by atoms with Crippen LogP contribution in [0.1, 0.15) is 18.4 Å². The molecule has 1 heterocycles. The maximum Gasteiger partial charge on any atom is 0.100 e. The first-order valence-corrected chi connectivity index (χ1v) is 8.05. The Morgan fingerprint density at radius 2 is 2.05 bits per heavy atom. The lowest BCUT2D eigenvalue weighted by atomic mass is 10.2. The first-order chi connectivity index (χ1) is 10.3. The van der Waals surface area contributed by atoms with E-state index in [1.807, 2.05) is 24.5 Å². The minimum atomic E-state index is 0.737. The lowest BCUT2D eigenvalue weighted by Gasteiger charge is -2.10. The number of nitrogens with one attached hydrogen (secondary N) is 1. The van der Waals surface area contributed by atoms with Gasteiger partial charge in [0.25, 0.3) is 0 Å². The summed E-state index contributed by atoms with van der Waals surface area (Å²) in [6, 6.07) is 15.5. The summed E-state index contributed by atoms with van der Waals surface area (Å²) in [5, 5.41) is 3.54. The summed E-state index contributed by atoms with van der Waals surface area (Å²) in [5.41, 5.74) is 4.58. The van der Waals surface area contributed by atoms with Crippen molar-refractivity contribution in [2.24, 2.45) is 0 Å². The van der Waals surface area contributed by atoms with E-state index in [1.54, 1.807) is 0 Å². The quantitative estimate of drug-likeness (QED) is 0.776. The lowest BCUT2D eigenvalue weighted by Crippen LogP contribution is -2.15. The molecule has 0 unspecified atom stereocenters. The van der Waals surface area contributed by atoms with Gasteiger partial charge in [-0.05, 0) is 58.6 Å². The number of hydrogen-bond donors (Lipinski definition) is 1. The van der Waals surface area contributed by atoms with Crippen molar-refractivity contribution in [3.63, 3.8) is 0 Å². The first kappa shape index (κ1) is 13.0. The van der Waals surface area contributed by atoms with Crippen LogP contribution in [0.4, 0.5) is 0 Å². The van der Waals surface area contributed by atoms with Gasteiger partial charge in [0.2, 0.25) is 0 Å². The van der Waals surface area contributed by atoms with Gasteiger partial charge in [0.1, 0.15) is 6.33 Å². The van der Waals surface area contributed by atoms with Crippen LogP contribution >= 0.6 is 15.9 Å². The number of aromatic nitrogens is 2. The van der Waals surface area contributed by atoms with Crippen LogP contribution in [-0.4, -0.2) is 15.6 Å². The van der Waals surface area contributed by atoms with Gasteiger partial charge in [0.15, 0.2) is 0 Å². The molecule has 1 aliphatic rings. The van der Waals surface area contributed by atoms with Crippen LogP contribution in [0.2, 0.25) is 0 Å². The van der Waals surface area contributed by atoms with Gasteiger partial charge in [0.05, 0.1) is 16.7 Å². The van der Waals surface area contributed by atoms with Gasteiger partial charge in [-0.15, -0.1) is 0 Å². The Morgan fingerprint density at radius 1 is 1.19 bits per heavy atom. The summed E-state index contributed by atoms with van der Waals surface area (Å²) >= 11 is 3.70. The SMILES string of the molecule is Brc1cc(CNC2CC2)ccc1-n1cnc2ccccc21. The number of hydrogen-bond acceptors (Lipinski definition) is 2. The molecule has 0 aliphatic heterocycles. The largest absolute Gasteiger partial charge is 0.310 e. The highest BCUT2D eigenvalue weighted by atomic mass is 79.9. The summed E-state index contributed by atoms with van der Waals surface area (Å²) in [6.45, 7) is 0.939. The average Bonchev–Trinajstić information content (AvgIpc) is 3.24. The van der Waals surface area contributed by atoms with Crippen LogP contribution in [0, 0.1) is 0 Å². The zero-order valence-corrected chi connectivity index (χ0v) is 13.2. The highest BCUT2D eigenvalue weighted by Crippen LogP contribution is 2.26. The zero-order chi connectivity index (χ0) is 14.2. The fourth-order valence-corrected chi connectivity index (χ4v) is 3.17. The second-order valence-electron chi connectivity index (χ2n) is 5.54. The lowest BCUT2D eigenvalue weighted by molar-refractivity contribution is 0.687. The Kier molecular flexibility index (Phi) is 3.28. The number of nitrogens with zero attached hydrogens (tertiary/aromatic N) is 2. The topological polar surface area (TPSA) is 29.9 Å². The Balaban J connectivity index is 1.67. The number of halogens is 1. The molecule has 106 valence electrons. The number of rotatable bonds is 4. The van der Waals surface area contributed by atoms with Crippen molar-refractivity contribution in [1.82, 2.24) is 14.9 Å². The second-order valence-corrected chi connectivity index (χ2v) is 6.40. The molecule has 0 saturated heterocycles. The van der Waals surface area contributed by atoms with Gasteiger partial charge in [-0.1, -0.05) is 18.2 Å².